The monoisotopic (exact) mass is 354 g/mol. The summed E-state index contributed by atoms with van der Waals surface area (Å²) in [6, 6.07) is 2.80. The average Bonchev–Trinajstić information content (AvgIpc) is 2.97. The Balaban J connectivity index is 2.40. The van der Waals surface area contributed by atoms with Gasteiger partial charge in [0.05, 0.1) is 6.54 Å². The second-order valence-electron chi connectivity index (χ2n) is 4.52. The molecular formula is C11H18N2O5S3. The Morgan fingerprint density at radius 3 is 2.67 bits per heavy atom. The van der Waals surface area contributed by atoms with Gasteiger partial charge >= 0.3 is 0 Å². The normalized spacial score (nSPS) is 21.5. The third-order valence-corrected chi connectivity index (χ3v) is 8.46. The largest absolute Gasteiger partial charge is 0.447 e. The molecule has 1 aliphatic heterocycles. The number of rotatable bonds is 5. The van der Waals surface area contributed by atoms with E-state index in [1.807, 2.05) is 0 Å². The molecule has 1 aromatic rings. The van der Waals surface area contributed by atoms with Crippen molar-refractivity contribution in [2.45, 2.75) is 23.9 Å². The summed E-state index contributed by atoms with van der Waals surface area (Å²) in [6.45, 7) is 1.75. The van der Waals surface area contributed by atoms with Crippen LogP contribution >= 0.6 is 11.8 Å². The highest BCUT2D eigenvalue weighted by molar-refractivity contribution is 8.01. The fourth-order valence-electron chi connectivity index (χ4n) is 2.04. The highest BCUT2D eigenvalue weighted by Gasteiger charge is 2.41. The van der Waals surface area contributed by atoms with Gasteiger partial charge in [-0.15, -0.1) is 0 Å². The van der Waals surface area contributed by atoms with Gasteiger partial charge in [-0.05, 0) is 12.1 Å². The van der Waals surface area contributed by atoms with Crippen molar-refractivity contribution < 1.29 is 21.3 Å². The van der Waals surface area contributed by atoms with Crippen LogP contribution in [0.5, 0.6) is 0 Å². The average molecular weight is 354 g/mol. The molecule has 21 heavy (non-hydrogen) atoms. The number of thioether (sulfide) groups is 1. The summed E-state index contributed by atoms with van der Waals surface area (Å²) in [5.74, 6) is 1.03. The molecule has 1 fully saturated rings. The molecule has 0 bridgehead atoms. The zero-order chi connectivity index (χ0) is 15.7. The predicted octanol–water partition coefficient (Wildman–Crippen LogP) is 0.237. The minimum absolute atomic E-state index is 0.0854. The van der Waals surface area contributed by atoms with Crippen molar-refractivity contribution in [3.8, 4) is 0 Å². The second kappa shape index (κ2) is 6.29. The molecule has 1 atom stereocenters. The molecule has 1 unspecified atom stereocenters. The maximum atomic E-state index is 12.6. The van der Waals surface area contributed by atoms with E-state index >= 15 is 0 Å². The van der Waals surface area contributed by atoms with Gasteiger partial charge in [-0.3, -0.25) is 0 Å². The van der Waals surface area contributed by atoms with E-state index in [0.29, 0.717) is 11.5 Å². The number of furan rings is 1. The minimum Gasteiger partial charge on any atom is -0.447 e. The van der Waals surface area contributed by atoms with Crippen LogP contribution in [0.15, 0.2) is 21.6 Å². The van der Waals surface area contributed by atoms with E-state index in [2.05, 4.69) is 0 Å². The van der Waals surface area contributed by atoms with Crippen molar-refractivity contribution in [3.05, 3.63) is 17.9 Å². The molecule has 1 aliphatic rings. The molecule has 1 saturated heterocycles. The Labute approximate surface area is 128 Å². The number of nitrogens with zero attached hydrogens (tertiary/aromatic N) is 1. The van der Waals surface area contributed by atoms with Crippen molar-refractivity contribution in [1.29, 1.82) is 0 Å². The van der Waals surface area contributed by atoms with Gasteiger partial charge in [-0.25, -0.2) is 16.8 Å². The Bertz CT molecular complexity index is 695. The van der Waals surface area contributed by atoms with Gasteiger partial charge in [0.25, 0.3) is 10.0 Å². The van der Waals surface area contributed by atoms with Gasteiger partial charge in [0, 0.05) is 23.8 Å². The van der Waals surface area contributed by atoms with Gasteiger partial charge in [-0.1, -0.05) is 6.92 Å². The van der Waals surface area contributed by atoms with Gasteiger partial charge < -0.3 is 10.2 Å². The summed E-state index contributed by atoms with van der Waals surface area (Å²) >= 11 is 1.43. The van der Waals surface area contributed by atoms with Crippen LogP contribution < -0.4 is 5.73 Å². The molecule has 1 aromatic heterocycles. The van der Waals surface area contributed by atoms with Crippen LogP contribution in [0.1, 0.15) is 12.7 Å². The highest BCUT2D eigenvalue weighted by atomic mass is 32.2. The lowest BCUT2D eigenvalue weighted by Gasteiger charge is -2.32. The predicted molar refractivity (Wildman–Crippen MR) is 81.1 cm³/mol. The van der Waals surface area contributed by atoms with E-state index in [1.165, 1.54) is 30.8 Å². The zero-order valence-electron chi connectivity index (χ0n) is 11.6. The van der Waals surface area contributed by atoms with Crippen molar-refractivity contribution in [2.75, 3.05) is 23.8 Å². The molecule has 2 heterocycles. The molecule has 10 heteroatoms. The van der Waals surface area contributed by atoms with Crippen molar-refractivity contribution in [1.82, 2.24) is 4.31 Å². The standard InChI is InChI=1S/C11H18N2O5S3/c1-2-20(14,15)10-8-19-6-5-13(10)21(16,17)11-4-3-9(7-12)18-11/h3-4,10H,2,5-8,12H2,1H3. The molecule has 2 N–H and O–H groups in total. The summed E-state index contributed by atoms with van der Waals surface area (Å²) in [5, 5.41) is -1.30. The quantitative estimate of drug-likeness (QED) is 0.806. The number of hydrogen-bond acceptors (Lipinski definition) is 7. The molecule has 0 saturated carbocycles. The smallest absolute Gasteiger partial charge is 0.277 e. The summed E-state index contributed by atoms with van der Waals surface area (Å²) in [5.41, 5.74) is 5.40. The molecule has 0 aromatic carbocycles. The van der Waals surface area contributed by atoms with E-state index in [1.54, 1.807) is 0 Å². The lowest BCUT2D eigenvalue weighted by atomic mass is 10.5. The molecule has 7 nitrogen and oxygen atoms in total. The second-order valence-corrected chi connectivity index (χ2v) is 9.94. The highest BCUT2D eigenvalue weighted by Crippen LogP contribution is 2.28. The van der Waals surface area contributed by atoms with E-state index in [-0.39, 0.29) is 29.7 Å². The van der Waals surface area contributed by atoms with Crippen molar-refractivity contribution >= 4 is 31.6 Å². The van der Waals surface area contributed by atoms with Crippen LogP contribution in [0.3, 0.4) is 0 Å². The number of hydrogen-bond donors (Lipinski definition) is 1. The molecule has 2 rings (SSSR count). The summed E-state index contributed by atoms with van der Waals surface area (Å²) in [7, 11) is -7.48. The first kappa shape index (κ1) is 16.8. The van der Waals surface area contributed by atoms with Crippen LogP contribution in [0.2, 0.25) is 0 Å². The zero-order valence-corrected chi connectivity index (χ0v) is 14.0. The maximum absolute atomic E-state index is 12.6. The first-order chi connectivity index (χ1) is 9.82. The Kier molecular flexibility index (Phi) is 5.03. The SMILES string of the molecule is CCS(=O)(=O)C1CSCCN1S(=O)(=O)c1ccc(CN)o1. The lowest BCUT2D eigenvalue weighted by Crippen LogP contribution is -2.50. The summed E-state index contributed by atoms with van der Waals surface area (Å²) < 4.78 is 55.7. The topological polar surface area (TPSA) is 111 Å². The molecule has 0 amide bonds. The number of nitrogens with two attached hydrogens (primary N) is 1. The van der Waals surface area contributed by atoms with E-state index in [0.717, 1.165) is 4.31 Å². The fraction of sp³-hybridized carbons (Fsp3) is 0.636. The number of sulfonamides is 1. The van der Waals surface area contributed by atoms with Crippen LogP contribution in [0, 0.1) is 0 Å². The van der Waals surface area contributed by atoms with Crippen molar-refractivity contribution in [3.63, 3.8) is 0 Å². The van der Waals surface area contributed by atoms with Crippen molar-refractivity contribution in [2.24, 2.45) is 5.73 Å². The third-order valence-electron chi connectivity index (χ3n) is 3.26. The Morgan fingerprint density at radius 1 is 1.38 bits per heavy atom. The van der Waals surface area contributed by atoms with Gasteiger partial charge in [0.2, 0.25) is 5.09 Å². The van der Waals surface area contributed by atoms with E-state index in [9.17, 15) is 16.8 Å². The lowest BCUT2D eigenvalue weighted by molar-refractivity contribution is 0.364. The Hall–Kier alpha value is -0.550. The van der Waals surface area contributed by atoms with Crippen LogP contribution in [0.4, 0.5) is 0 Å². The minimum atomic E-state index is -3.98. The summed E-state index contributed by atoms with van der Waals surface area (Å²) in [6.07, 6.45) is 0. The molecule has 0 spiro atoms. The fourth-order valence-corrected chi connectivity index (χ4v) is 7.22. The van der Waals surface area contributed by atoms with Gasteiger partial charge in [-0.2, -0.15) is 16.1 Å². The summed E-state index contributed by atoms with van der Waals surface area (Å²) in [4.78, 5) is 0. The molecular weight excluding hydrogens is 336 g/mol. The van der Waals surface area contributed by atoms with Crippen LogP contribution in [-0.4, -0.2) is 50.3 Å². The first-order valence-corrected chi connectivity index (χ1v) is 10.7. The third kappa shape index (κ3) is 3.29. The first-order valence-electron chi connectivity index (χ1n) is 6.43. The van der Waals surface area contributed by atoms with Crippen LogP contribution in [-0.2, 0) is 26.4 Å². The molecule has 120 valence electrons. The Morgan fingerprint density at radius 2 is 2.10 bits per heavy atom. The number of sulfone groups is 1. The van der Waals surface area contributed by atoms with Gasteiger partial charge in [0.15, 0.2) is 9.84 Å². The van der Waals surface area contributed by atoms with Gasteiger partial charge in [0.1, 0.15) is 11.1 Å². The molecule has 0 aliphatic carbocycles. The molecule has 0 radical (unpaired) electrons. The maximum Gasteiger partial charge on any atom is 0.277 e. The van der Waals surface area contributed by atoms with Crippen LogP contribution in [0.25, 0.3) is 0 Å². The van der Waals surface area contributed by atoms with E-state index < -0.39 is 25.2 Å². The van der Waals surface area contributed by atoms with E-state index in [4.69, 9.17) is 10.2 Å².